The molecule has 0 saturated heterocycles. The number of ether oxygens (including phenoxy) is 1. The van der Waals surface area contributed by atoms with Crippen LogP contribution in [0.15, 0.2) is 53.8 Å². The number of halogens is 1. The van der Waals surface area contributed by atoms with Crippen molar-refractivity contribution in [3.63, 3.8) is 0 Å². The first-order valence-corrected chi connectivity index (χ1v) is 7.25. The van der Waals surface area contributed by atoms with Crippen LogP contribution < -0.4 is 10.1 Å². The lowest BCUT2D eigenvalue weighted by Crippen LogP contribution is -2.08. The third kappa shape index (κ3) is 4.56. The van der Waals surface area contributed by atoms with Crippen LogP contribution in [0.25, 0.3) is 0 Å². The summed E-state index contributed by atoms with van der Waals surface area (Å²) in [5, 5.41) is 3.45. The van der Waals surface area contributed by atoms with Gasteiger partial charge < -0.3 is 10.1 Å². The highest BCUT2D eigenvalue weighted by atomic mass is 35.5. The molecule has 0 bridgehead atoms. The first kappa shape index (κ1) is 16.0. The topological polar surface area (TPSA) is 59.4 Å². The molecule has 1 N–H and O–H groups in total. The van der Waals surface area contributed by atoms with Crippen molar-refractivity contribution in [1.82, 2.24) is 9.97 Å². The molecule has 0 atom stereocenters. The summed E-state index contributed by atoms with van der Waals surface area (Å²) in [6.07, 6.45) is 8.00. The van der Waals surface area contributed by atoms with Gasteiger partial charge in [-0.05, 0) is 36.8 Å². The van der Waals surface area contributed by atoms with E-state index in [1.165, 1.54) is 12.4 Å². The summed E-state index contributed by atoms with van der Waals surface area (Å²) in [6.45, 7) is 2.08. The number of allylic oxidation sites excluding steroid dienone is 1. The molecule has 1 heterocycles. The highest BCUT2D eigenvalue weighted by Gasteiger charge is 2.05. The van der Waals surface area contributed by atoms with Crippen molar-refractivity contribution in [2.45, 2.75) is 13.3 Å². The zero-order chi connectivity index (χ0) is 15.8. The van der Waals surface area contributed by atoms with E-state index in [-0.39, 0.29) is 11.0 Å². The molecule has 6 heteroatoms. The maximum absolute atomic E-state index is 5.91. The van der Waals surface area contributed by atoms with Crippen molar-refractivity contribution in [2.75, 3.05) is 12.4 Å². The average Bonchev–Trinajstić information content (AvgIpc) is 2.55. The quantitative estimate of drug-likeness (QED) is 0.659. The third-order valence-electron chi connectivity index (χ3n) is 2.72. The van der Waals surface area contributed by atoms with E-state index in [1.54, 1.807) is 7.05 Å². The molecule has 2 aromatic rings. The second kappa shape index (κ2) is 8.14. The van der Waals surface area contributed by atoms with Gasteiger partial charge in [0.1, 0.15) is 11.6 Å². The van der Waals surface area contributed by atoms with Gasteiger partial charge in [0, 0.05) is 25.1 Å². The Balaban J connectivity index is 2.04. The van der Waals surface area contributed by atoms with Crippen molar-refractivity contribution in [3.05, 3.63) is 54.0 Å². The molecule has 0 aliphatic rings. The number of anilines is 1. The van der Waals surface area contributed by atoms with Crippen molar-refractivity contribution < 1.29 is 4.74 Å². The number of aliphatic imine (C=N–C) groups is 1. The summed E-state index contributed by atoms with van der Waals surface area (Å²) < 4.78 is 5.58. The van der Waals surface area contributed by atoms with E-state index in [4.69, 9.17) is 16.3 Å². The molecule has 1 aromatic carbocycles. The molecule has 114 valence electrons. The number of nitrogens with zero attached hydrogens (tertiary/aromatic N) is 3. The molecule has 0 radical (unpaired) electrons. The number of amidine groups is 1. The minimum atomic E-state index is 0.231. The van der Waals surface area contributed by atoms with Crippen LogP contribution in [0.2, 0.25) is 5.15 Å². The predicted octanol–water partition coefficient (Wildman–Crippen LogP) is 4.33. The highest BCUT2D eigenvalue weighted by Crippen LogP contribution is 2.25. The standard InChI is InChI=1S/C16H17ClN4O/c1-3-4-5-14(18-2)21-12-6-8-13(9-7-12)22-16-15(17)19-10-11-20-16/h4-11H,3H2,1-2H3,(H,18,21)/b5-4-. The molecule has 0 aliphatic heterocycles. The molecule has 5 nitrogen and oxygen atoms in total. The number of benzene rings is 1. The van der Waals surface area contributed by atoms with Gasteiger partial charge in [0.15, 0.2) is 5.15 Å². The number of nitrogens with one attached hydrogen (secondary N) is 1. The van der Waals surface area contributed by atoms with E-state index in [9.17, 15) is 0 Å². The molecular formula is C16H17ClN4O. The summed E-state index contributed by atoms with van der Waals surface area (Å²) in [6, 6.07) is 7.43. The molecule has 0 amide bonds. The fraction of sp³-hybridized carbons (Fsp3) is 0.188. The maximum Gasteiger partial charge on any atom is 0.257 e. The van der Waals surface area contributed by atoms with Crippen LogP contribution >= 0.6 is 11.6 Å². The Morgan fingerprint density at radius 1 is 1.27 bits per heavy atom. The predicted molar refractivity (Wildman–Crippen MR) is 90.0 cm³/mol. The Bertz CT molecular complexity index is 668. The first-order valence-electron chi connectivity index (χ1n) is 6.87. The molecule has 0 fully saturated rings. The smallest absolute Gasteiger partial charge is 0.257 e. The van der Waals surface area contributed by atoms with E-state index in [0.29, 0.717) is 5.75 Å². The van der Waals surface area contributed by atoms with Crippen molar-refractivity contribution >= 4 is 23.1 Å². The van der Waals surface area contributed by atoms with Crippen LogP contribution in [0.1, 0.15) is 13.3 Å². The molecule has 0 unspecified atom stereocenters. The van der Waals surface area contributed by atoms with Gasteiger partial charge in [-0.25, -0.2) is 9.97 Å². The fourth-order valence-electron chi connectivity index (χ4n) is 1.64. The number of rotatable bonds is 5. The fourth-order valence-corrected chi connectivity index (χ4v) is 1.79. The summed E-state index contributed by atoms with van der Waals surface area (Å²) in [4.78, 5) is 12.1. The Hall–Kier alpha value is -2.40. The van der Waals surface area contributed by atoms with E-state index >= 15 is 0 Å². The van der Waals surface area contributed by atoms with Gasteiger partial charge in [-0.1, -0.05) is 24.6 Å². The van der Waals surface area contributed by atoms with Crippen LogP contribution in [0, 0.1) is 0 Å². The van der Waals surface area contributed by atoms with Gasteiger partial charge in [-0.3, -0.25) is 4.99 Å². The van der Waals surface area contributed by atoms with Crippen molar-refractivity contribution in [1.29, 1.82) is 0 Å². The summed E-state index contributed by atoms with van der Waals surface area (Å²) in [7, 11) is 1.75. The van der Waals surface area contributed by atoms with E-state index < -0.39 is 0 Å². The van der Waals surface area contributed by atoms with Crippen molar-refractivity contribution in [2.24, 2.45) is 4.99 Å². The summed E-state index contributed by atoms with van der Waals surface area (Å²) >= 11 is 5.91. The minimum absolute atomic E-state index is 0.231. The summed E-state index contributed by atoms with van der Waals surface area (Å²) in [5.74, 6) is 1.71. The maximum atomic E-state index is 5.91. The Morgan fingerprint density at radius 3 is 2.64 bits per heavy atom. The molecule has 22 heavy (non-hydrogen) atoms. The molecule has 0 spiro atoms. The Kier molecular flexibility index (Phi) is 5.91. The van der Waals surface area contributed by atoms with Gasteiger partial charge in [-0.2, -0.15) is 0 Å². The van der Waals surface area contributed by atoms with Gasteiger partial charge in [0.2, 0.25) is 0 Å². The van der Waals surface area contributed by atoms with Crippen LogP contribution in [0.5, 0.6) is 11.6 Å². The van der Waals surface area contributed by atoms with Gasteiger partial charge in [0.25, 0.3) is 5.88 Å². The van der Waals surface area contributed by atoms with E-state index in [0.717, 1.165) is 17.9 Å². The third-order valence-corrected chi connectivity index (χ3v) is 2.98. The minimum Gasteiger partial charge on any atom is -0.436 e. The largest absolute Gasteiger partial charge is 0.436 e. The Labute approximate surface area is 134 Å². The van der Waals surface area contributed by atoms with Crippen LogP contribution in [-0.2, 0) is 0 Å². The Morgan fingerprint density at radius 2 is 2.00 bits per heavy atom. The molecule has 0 aliphatic carbocycles. The van der Waals surface area contributed by atoms with Gasteiger partial charge in [0.05, 0.1) is 0 Å². The molecule has 0 saturated carbocycles. The average molecular weight is 317 g/mol. The number of hydrogen-bond acceptors (Lipinski definition) is 4. The second-order valence-corrected chi connectivity index (χ2v) is 4.68. The SMILES string of the molecule is CC/C=C\C(=NC)Nc1ccc(Oc2nccnc2Cl)cc1. The normalized spacial score (nSPS) is 11.7. The second-order valence-electron chi connectivity index (χ2n) is 4.32. The highest BCUT2D eigenvalue weighted by molar-refractivity contribution is 6.30. The van der Waals surface area contributed by atoms with Crippen LogP contribution in [0.3, 0.4) is 0 Å². The van der Waals surface area contributed by atoms with Crippen LogP contribution in [-0.4, -0.2) is 22.9 Å². The lowest BCUT2D eigenvalue weighted by molar-refractivity contribution is 0.460. The lowest BCUT2D eigenvalue weighted by atomic mass is 10.3. The number of aromatic nitrogens is 2. The van der Waals surface area contributed by atoms with E-state index in [1.807, 2.05) is 36.4 Å². The molecule has 1 aromatic heterocycles. The van der Waals surface area contributed by atoms with Gasteiger partial charge in [-0.15, -0.1) is 0 Å². The van der Waals surface area contributed by atoms with Crippen molar-refractivity contribution in [3.8, 4) is 11.6 Å². The zero-order valence-electron chi connectivity index (χ0n) is 12.5. The lowest BCUT2D eigenvalue weighted by Gasteiger charge is -2.08. The summed E-state index contributed by atoms with van der Waals surface area (Å²) in [5.41, 5.74) is 0.916. The number of hydrogen-bond donors (Lipinski definition) is 1. The zero-order valence-corrected chi connectivity index (χ0v) is 13.2. The van der Waals surface area contributed by atoms with Crippen LogP contribution in [0.4, 0.5) is 5.69 Å². The monoisotopic (exact) mass is 316 g/mol. The molecule has 2 rings (SSSR count). The molecular weight excluding hydrogens is 300 g/mol. The van der Waals surface area contributed by atoms with Gasteiger partial charge >= 0.3 is 0 Å². The van der Waals surface area contributed by atoms with E-state index in [2.05, 4.69) is 27.2 Å². The first-order chi connectivity index (χ1) is 10.7.